The number of nitrogens with one attached hydrogen (secondary N) is 1. The summed E-state index contributed by atoms with van der Waals surface area (Å²) >= 11 is 1.59. The molecule has 5 heteroatoms. The quantitative estimate of drug-likeness (QED) is 0.781. The molecular formula is C18H23N3OS. The Morgan fingerprint density at radius 3 is 2.65 bits per heavy atom. The molecular weight excluding hydrogens is 306 g/mol. The molecule has 1 heterocycles. The molecule has 23 heavy (non-hydrogen) atoms. The second-order valence-corrected chi connectivity index (χ2v) is 6.67. The summed E-state index contributed by atoms with van der Waals surface area (Å²) in [5.41, 5.74) is 2.37. The average molecular weight is 329 g/mol. The Hall–Kier alpha value is -1.87. The van der Waals surface area contributed by atoms with E-state index in [-0.39, 0.29) is 0 Å². The number of thiophene rings is 1. The molecule has 2 aromatic rings. The maximum atomic E-state index is 10.5. The van der Waals surface area contributed by atoms with E-state index in [2.05, 4.69) is 40.6 Å². The molecule has 2 rings (SSSR count). The summed E-state index contributed by atoms with van der Waals surface area (Å²) < 4.78 is 0. The number of nitriles is 1. The molecule has 0 aliphatic heterocycles. The zero-order chi connectivity index (χ0) is 16.7. The van der Waals surface area contributed by atoms with Crippen molar-refractivity contribution in [2.45, 2.75) is 25.5 Å². The van der Waals surface area contributed by atoms with Crippen molar-refractivity contribution in [3.05, 3.63) is 52.2 Å². The van der Waals surface area contributed by atoms with Crippen molar-refractivity contribution in [3.8, 4) is 6.07 Å². The van der Waals surface area contributed by atoms with Crippen LogP contribution in [0, 0.1) is 11.3 Å². The topological polar surface area (TPSA) is 59.3 Å². The molecule has 122 valence electrons. The SMILES string of the molecule is CN(CCC#N)c1ccc(CNCC(C)(O)c2ccsc2)cc1. The van der Waals surface area contributed by atoms with Crippen molar-refractivity contribution in [1.82, 2.24) is 5.32 Å². The van der Waals surface area contributed by atoms with E-state index < -0.39 is 5.60 Å². The largest absolute Gasteiger partial charge is 0.384 e. The van der Waals surface area contributed by atoms with Gasteiger partial charge in [0.25, 0.3) is 0 Å². The first-order valence-corrected chi connectivity index (χ1v) is 8.60. The van der Waals surface area contributed by atoms with Crippen LogP contribution in [0.25, 0.3) is 0 Å². The minimum Gasteiger partial charge on any atom is -0.384 e. The standard InChI is InChI=1S/C18H23N3OS/c1-18(22,16-8-11-23-13-16)14-20-12-15-4-6-17(7-5-15)21(2)10-3-9-19/h4-8,11,13,20,22H,3,10,12,14H2,1-2H3. The predicted octanol–water partition coefficient (Wildman–Crippen LogP) is 3.10. The Balaban J connectivity index is 1.84. The van der Waals surface area contributed by atoms with Crippen LogP contribution in [0.15, 0.2) is 41.1 Å². The number of anilines is 1. The zero-order valence-electron chi connectivity index (χ0n) is 13.6. The molecule has 0 spiro atoms. The van der Waals surface area contributed by atoms with E-state index in [1.165, 1.54) is 5.56 Å². The van der Waals surface area contributed by atoms with Crippen LogP contribution in [0.4, 0.5) is 5.69 Å². The normalized spacial score (nSPS) is 13.3. The maximum Gasteiger partial charge on any atom is 0.1000 e. The van der Waals surface area contributed by atoms with Gasteiger partial charge in [0.05, 0.1) is 18.1 Å². The van der Waals surface area contributed by atoms with Gasteiger partial charge >= 0.3 is 0 Å². The minimum atomic E-state index is -0.850. The molecule has 1 aromatic heterocycles. The molecule has 1 atom stereocenters. The fourth-order valence-electron chi connectivity index (χ4n) is 2.34. The van der Waals surface area contributed by atoms with Crippen LogP contribution >= 0.6 is 11.3 Å². The van der Waals surface area contributed by atoms with E-state index in [1.54, 1.807) is 11.3 Å². The molecule has 0 bridgehead atoms. The number of nitrogens with zero attached hydrogens (tertiary/aromatic N) is 2. The first-order valence-electron chi connectivity index (χ1n) is 7.66. The second kappa shape index (κ2) is 8.11. The summed E-state index contributed by atoms with van der Waals surface area (Å²) in [6.45, 7) is 3.78. The molecule has 0 amide bonds. The van der Waals surface area contributed by atoms with Gasteiger partial charge in [0.2, 0.25) is 0 Å². The summed E-state index contributed by atoms with van der Waals surface area (Å²) in [4.78, 5) is 2.07. The molecule has 1 unspecified atom stereocenters. The van der Waals surface area contributed by atoms with Gasteiger partial charge < -0.3 is 15.3 Å². The summed E-state index contributed by atoms with van der Waals surface area (Å²) in [7, 11) is 1.99. The molecule has 0 radical (unpaired) electrons. The summed E-state index contributed by atoms with van der Waals surface area (Å²) in [6, 6.07) is 12.4. The minimum absolute atomic E-state index is 0.507. The number of aliphatic hydroxyl groups is 1. The van der Waals surface area contributed by atoms with Gasteiger partial charge in [0, 0.05) is 32.4 Å². The fourth-order valence-corrected chi connectivity index (χ4v) is 3.12. The van der Waals surface area contributed by atoms with Gasteiger partial charge in [-0.15, -0.1) is 0 Å². The lowest BCUT2D eigenvalue weighted by Crippen LogP contribution is -2.34. The van der Waals surface area contributed by atoms with E-state index in [1.807, 2.05) is 30.8 Å². The van der Waals surface area contributed by atoms with Gasteiger partial charge in [0.1, 0.15) is 0 Å². The monoisotopic (exact) mass is 329 g/mol. The van der Waals surface area contributed by atoms with Gasteiger partial charge in [-0.1, -0.05) is 12.1 Å². The number of hydrogen-bond acceptors (Lipinski definition) is 5. The highest BCUT2D eigenvalue weighted by molar-refractivity contribution is 7.08. The van der Waals surface area contributed by atoms with Crippen molar-refractivity contribution in [2.24, 2.45) is 0 Å². The molecule has 2 N–H and O–H groups in total. The zero-order valence-corrected chi connectivity index (χ0v) is 14.4. The third-order valence-electron chi connectivity index (χ3n) is 3.88. The number of hydrogen-bond donors (Lipinski definition) is 2. The Morgan fingerprint density at radius 1 is 1.30 bits per heavy atom. The molecule has 4 nitrogen and oxygen atoms in total. The van der Waals surface area contributed by atoms with Gasteiger partial charge in [0.15, 0.2) is 0 Å². The lowest BCUT2D eigenvalue weighted by atomic mass is 9.99. The Bertz CT molecular complexity index is 629. The average Bonchev–Trinajstić information content (AvgIpc) is 3.08. The van der Waals surface area contributed by atoms with Crippen molar-refractivity contribution in [3.63, 3.8) is 0 Å². The van der Waals surface area contributed by atoms with Crippen LogP contribution in [-0.2, 0) is 12.1 Å². The van der Waals surface area contributed by atoms with Crippen LogP contribution in [0.5, 0.6) is 0 Å². The first kappa shape index (κ1) is 17.5. The predicted molar refractivity (Wildman–Crippen MR) is 95.5 cm³/mol. The second-order valence-electron chi connectivity index (χ2n) is 5.89. The number of rotatable bonds is 8. The fraction of sp³-hybridized carbons (Fsp3) is 0.389. The van der Waals surface area contributed by atoms with Crippen LogP contribution in [0.2, 0.25) is 0 Å². The highest BCUT2D eigenvalue weighted by Gasteiger charge is 2.22. The maximum absolute atomic E-state index is 10.5. The van der Waals surface area contributed by atoms with Crippen molar-refractivity contribution >= 4 is 17.0 Å². The third-order valence-corrected chi connectivity index (χ3v) is 4.56. The van der Waals surface area contributed by atoms with Crippen molar-refractivity contribution in [2.75, 3.05) is 25.0 Å². The van der Waals surface area contributed by atoms with E-state index in [0.29, 0.717) is 19.5 Å². The van der Waals surface area contributed by atoms with Crippen LogP contribution in [-0.4, -0.2) is 25.2 Å². The smallest absolute Gasteiger partial charge is 0.1000 e. The van der Waals surface area contributed by atoms with Crippen LogP contribution in [0.1, 0.15) is 24.5 Å². The Labute approximate surface area is 142 Å². The Morgan fingerprint density at radius 2 is 2.04 bits per heavy atom. The van der Waals surface area contributed by atoms with Crippen molar-refractivity contribution in [1.29, 1.82) is 5.26 Å². The first-order chi connectivity index (χ1) is 11.0. The molecule has 0 fully saturated rings. The highest BCUT2D eigenvalue weighted by Crippen LogP contribution is 2.22. The molecule has 0 saturated heterocycles. The van der Waals surface area contributed by atoms with E-state index in [0.717, 1.165) is 17.8 Å². The van der Waals surface area contributed by atoms with Gasteiger partial charge in [-0.25, -0.2) is 0 Å². The molecule has 0 aliphatic rings. The van der Waals surface area contributed by atoms with Gasteiger partial charge in [-0.05, 0) is 47.0 Å². The highest BCUT2D eigenvalue weighted by atomic mass is 32.1. The molecule has 0 aliphatic carbocycles. The van der Waals surface area contributed by atoms with E-state index in [4.69, 9.17) is 5.26 Å². The van der Waals surface area contributed by atoms with E-state index >= 15 is 0 Å². The summed E-state index contributed by atoms with van der Waals surface area (Å²) in [5, 5.41) is 26.4. The van der Waals surface area contributed by atoms with Crippen molar-refractivity contribution < 1.29 is 5.11 Å². The van der Waals surface area contributed by atoms with Gasteiger partial charge in [-0.3, -0.25) is 0 Å². The Kier molecular flexibility index (Phi) is 6.17. The third kappa shape index (κ3) is 5.07. The van der Waals surface area contributed by atoms with Crippen LogP contribution in [0.3, 0.4) is 0 Å². The lowest BCUT2D eigenvalue weighted by Gasteiger charge is -2.23. The number of benzene rings is 1. The molecule has 1 aromatic carbocycles. The molecule has 0 saturated carbocycles. The van der Waals surface area contributed by atoms with Gasteiger partial charge in [-0.2, -0.15) is 16.6 Å². The van der Waals surface area contributed by atoms with E-state index in [9.17, 15) is 5.11 Å². The summed E-state index contributed by atoms with van der Waals surface area (Å²) in [6.07, 6.45) is 0.525. The van der Waals surface area contributed by atoms with Crippen LogP contribution < -0.4 is 10.2 Å². The summed E-state index contributed by atoms with van der Waals surface area (Å²) in [5.74, 6) is 0. The lowest BCUT2D eigenvalue weighted by molar-refractivity contribution is 0.0571.